The van der Waals surface area contributed by atoms with Gasteiger partial charge in [0, 0.05) is 6.42 Å². The summed E-state index contributed by atoms with van der Waals surface area (Å²) >= 11 is 0. The van der Waals surface area contributed by atoms with E-state index in [-0.39, 0.29) is 40.0 Å². The van der Waals surface area contributed by atoms with E-state index in [1.165, 1.54) is 0 Å². The highest BCUT2D eigenvalue weighted by atomic mass is 79.9. The van der Waals surface area contributed by atoms with Crippen LogP contribution in [0.1, 0.15) is 13.3 Å². The van der Waals surface area contributed by atoms with E-state index in [4.69, 9.17) is 6.42 Å². The first-order chi connectivity index (χ1) is 1.91. The molecule has 0 aliphatic carbocycles. The van der Waals surface area contributed by atoms with Crippen molar-refractivity contribution >= 4 is 40.0 Å². The molecule has 0 aromatic heterocycles. The molecule has 0 heterocycles. The third kappa shape index (κ3) is 21.3. The second kappa shape index (κ2) is 17.0. The number of hydrogen-bond acceptors (Lipinski definition) is 0. The zero-order valence-electron chi connectivity index (χ0n) is 3.19. The number of terminal acetylenes is 1. The fourth-order valence-electron chi connectivity index (χ4n) is 0. The fraction of sp³-hybridized carbons (Fsp3) is 0.500. The van der Waals surface area contributed by atoms with Crippen LogP contribution in [-0.4, -0.2) is 23.1 Å². The van der Waals surface area contributed by atoms with Crippen molar-refractivity contribution in [2.24, 2.45) is 0 Å². The van der Waals surface area contributed by atoms with Crippen LogP contribution in [-0.2, 0) is 0 Å². The van der Waals surface area contributed by atoms with Gasteiger partial charge in [0.2, 0.25) is 0 Å². The molecule has 0 aromatic rings. The van der Waals surface area contributed by atoms with Gasteiger partial charge >= 0.3 is 23.1 Å². The maximum absolute atomic E-state index is 4.78. The van der Waals surface area contributed by atoms with Gasteiger partial charge in [-0.05, 0) is 0 Å². The first-order valence-corrected chi connectivity index (χ1v) is 1.35. The van der Waals surface area contributed by atoms with Crippen LogP contribution in [0.3, 0.4) is 0 Å². The summed E-state index contributed by atoms with van der Waals surface area (Å²) in [5.41, 5.74) is 0. The highest BCUT2D eigenvalue weighted by molar-refractivity contribution is 8.93. The van der Waals surface area contributed by atoms with E-state index in [1.54, 1.807) is 0 Å². The van der Waals surface area contributed by atoms with Crippen LogP contribution >= 0.6 is 17.0 Å². The second-order valence-corrected chi connectivity index (χ2v) is 0.558. The summed E-state index contributed by atoms with van der Waals surface area (Å²) in [5.74, 6) is 2.43. The summed E-state index contributed by atoms with van der Waals surface area (Å²) in [7, 11) is 0. The molecule has 0 fully saturated rings. The molecule has 0 saturated carbocycles. The van der Waals surface area contributed by atoms with Gasteiger partial charge in [0.15, 0.2) is 0 Å². The topological polar surface area (TPSA) is 0 Å². The molecule has 0 bridgehead atoms. The summed E-state index contributed by atoms with van der Waals surface area (Å²) in [6.45, 7) is 1.94. The van der Waals surface area contributed by atoms with E-state index >= 15 is 0 Å². The predicted molar refractivity (Wildman–Crippen MR) is 38.0 cm³/mol. The average Bonchev–Trinajstić information content (AvgIpc) is 1.37. The van der Waals surface area contributed by atoms with Crippen molar-refractivity contribution < 1.29 is 0 Å². The number of hydrogen-bond donors (Lipinski definition) is 0. The molecular weight excluding hydrogens is 152 g/mol. The van der Waals surface area contributed by atoms with Crippen molar-refractivity contribution in [3.8, 4) is 12.3 Å². The first kappa shape index (κ1) is 15.8. The zero-order valence-corrected chi connectivity index (χ0v) is 4.91. The Morgan fingerprint density at radius 3 is 1.83 bits per heavy atom. The monoisotopic (exact) mass is 160 g/mol. The van der Waals surface area contributed by atoms with E-state index in [2.05, 4.69) is 5.92 Å². The van der Waals surface area contributed by atoms with Gasteiger partial charge in [0.05, 0.1) is 0 Å². The Balaban J connectivity index is -0.0000000450. The van der Waals surface area contributed by atoms with E-state index in [1.807, 2.05) is 6.92 Å². The Labute approximate surface area is 65.6 Å². The summed E-state index contributed by atoms with van der Waals surface area (Å²) < 4.78 is 0. The average molecular weight is 161 g/mol. The van der Waals surface area contributed by atoms with Crippen LogP contribution < -0.4 is 0 Å². The lowest BCUT2D eigenvalue weighted by Gasteiger charge is -1.52. The van der Waals surface area contributed by atoms with Gasteiger partial charge in [-0.3, -0.25) is 0 Å². The molecule has 0 aliphatic heterocycles. The normalized spacial score (nSPS) is 3.33. The molecule has 0 nitrogen and oxygen atoms in total. The minimum Gasteiger partial charge on any atom is -0.120 e. The Bertz CT molecular complexity index is 37.3. The Morgan fingerprint density at radius 1 is 1.67 bits per heavy atom. The lowest BCUT2D eigenvalue weighted by Crippen LogP contribution is -1.38. The molecular formula is C4H9BrMg. The molecule has 34 valence electrons. The van der Waals surface area contributed by atoms with Gasteiger partial charge in [0.1, 0.15) is 0 Å². The van der Waals surface area contributed by atoms with E-state index in [0.717, 1.165) is 6.42 Å². The van der Waals surface area contributed by atoms with Crippen LogP contribution in [0.4, 0.5) is 0 Å². The van der Waals surface area contributed by atoms with Crippen molar-refractivity contribution in [3.05, 3.63) is 0 Å². The van der Waals surface area contributed by atoms with Crippen LogP contribution in [0.25, 0.3) is 0 Å². The van der Waals surface area contributed by atoms with Crippen LogP contribution in [0.15, 0.2) is 0 Å². The third-order valence-electron chi connectivity index (χ3n) is 0.204. The highest BCUT2D eigenvalue weighted by Gasteiger charge is 1.43. The van der Waals surface area contributed by atoms with Crippen LogP contribution in [0.2, 0.25) is 0 Å². The predicted octanol–water partition coefficient (Wildman–Crippen LogP) is 0.691. The van der Waals surface area contributed by atoms with Crippen molar-refractivity contribution in [3.63, 3.8) is 0 Å². The Morgan fingerprint density at radius 2 is 1.83 bits per heavy atom. The zero-order chi connectivity index (χ0) is 3.41. The van der Waals surface area contributed by atoms with Gasteiger partial charge in [-0.25, -0.2) is 0 Å². The molecule has 0 amide bonds. The second-order valence-electron chi connectivity index (χ2n) is 0.558. The van der Waals surface area contributed by atoms with Gasteiger partial charge in [-0.15, -0.1) is 29.3 Å². The van der Waals surface area contributed by atoms with Crippen molar-refractivity contribution in [2.45, 2.75) is 13.3 Å². The van der Waals surface area contributed by atoms with Crippen molar-refractivity contribution in [2.75, 3.05) is 0 Å². The molecule has 0 aromatic carbocycles. The third-order valence-corrected chi connectivity index (χ3v) is 0.204. The maximum Gasteiger partial charge on any atom is 0.316 e. The summed E-state index contributed by atoms with van der Waals surface area (Å²) in [6.07, 6.45) is 5.62. The summed E-state index contributed by atoms with van der Waals surface area (Å²) in [5, 5.41) is 0. The van der Waals surface area contributed by atoms with Crippen LogP contribution in [0, 0.1) is 12.3 Å². The molecule has 2 heteroatoms. The number of halogens is 1. The molecule has 0 atom stereocenters. The van der Waals surface area contributed by atoms with Crippen LogP contribution in [0.5, 0.6) is 0 Å². The molecule has 6 heavy (non-hydrogen) atoms. The summed E-state index contributed by atoms with van der Waals surface area (Å²) in [4.78, 5) is 0. The maximum atomic E-state index is 4.78. The minimum absolute atomic E-state index is 0. The van der Waals surface area contributed by atoms with E-state index < -0.39 is 0 Å². The lowest BCUT2D eigenvalue weighted by molar-refractivity contribution is 1.28. The van der Waals surface area contributed by atoms with Gasteiger partial charge in [-0.2, -0.15) is 0 Å². The summed E-state index contributed by atoms with van der Waals surface area (Å²) in [6, 6.07) is 0. The van der Waals surface area contributed by atoms with Crippen molar-refractivity contribution in [1.29, 1.82) is 0 Å². The number of rotatable bonds is 0. The minimum atomic E-state index is 0. The lowest BCUT2D eigenvalue weighted by atomic mass is 10.5. The molecule has 0 saturated heterocycles. The molecule has 0 rings (SSSR count). The molecule has 0 radical (unpaired) electrons. The van der Waals surface area contributed by atoms with E-state index in [0.29, 0.717) is 0 Å². The van der Waals surface area contributed by atoms with E-state index in [9.17, 15) is 0 Å². The highest BCUT2D eigenvalue weighted by Crippen LogP contribution is 1.58. The molecule has 0 N–H and O–H groups in total. The molecule has 0 aliphatic rings. The fourth-order valence-corrected chi connectivity index (χ4v) is 0. The first-order valence-electron chi connectivity index (χ1n) is 1.35. The molecule has 0 unspecified atom stereocenters. The Kier molecular flexibility index (Phi) is 45.0. The molecule has 0 spiro atoms. The van der Waals surface area contributed by atoms with Gasteiger partial charge in [0.25, 0.3) is 0 Å². The van der Waals surface area contributed by atoms with Crippen molar-refractivity contribution in [1.82, 2.24) is 0 Å². The van der Waals surface area contributed by atoms with Gasteiger partial charge < -0.3 is 0 Å². The Hall–Kier alpha value is 0.806. The smallest absolute Gasteiger partial charge is 0.120 e. The SMILES string of the molecule is Br.C#CCC.[MgH2]. The van der Waals surface area contributed by atoms with Gasteiger partial charge in [-0.1, -0.05) is 6.92 Å². The standard InChI is InChI=1S/C4H6.BrH.Mg.2H/c1-3-4-2;;;;/h1H,4H2,2H3;1H;;;. The quantitative estimate of drug-likeness (QED) is 0.362. The largest absolute Gasteiger partial charge is 0.316 e.